The third kappa shape index (κ3) is 44.7. The van der Waals surface area contributed by atoms with Crippen molar-refractivity contribution in [2.45, 2.75) is 98.8 Å². The second-order valence-corrected chi connectivity index (χ2v) is 10.3. The molecule has 212 valence electrons. The summed E-state index contributed by atoms with van der Waals surface area (Å²) in [4.78, 5) is 32.6. The summed E-state index contributed by atoms with van der Waals surface area (Å²) in [6.45, 7) is 8.14. The molecule has 0 spiro atoms. The van der Waals surface area contributed by atoms with Gasteiger partial charge in [-0.3, -0.25) is 14.4 Å². The first-order valence-corrected chi connectivity index (χ1v) is 15.3. The Kier molecular flexibility index (Phi) is 37.0. The molecule has 0 aromatic rings. The Morgan fingerprint density at radius 3 is 1.51 bits per heavy atom. The van der Waals surface area contributed by atoms with Crippen LogP contribution in [0.5, 0.6) is 0 Å². The van der Waals surface area contributed by atoms with Gasteiger partial charge in [0.05, 0.1) is 0 Å². The first-order valence-electron chi connectivity index (χ1n) is 14.1. The third-order valence-electron chi connectivity index (χ3n) is 4.31. The summed E-state index contributed by atoms with van der Waals surface area (Å²) in [6, 6.07) is 0. The molecule has 0 saturated heterocycles. The lowest BCUT2D eigenvalue weighted by molar-refractivity contribution is -0.119. The van der Waals surface area contributed by atoms with E-state index in [1.54, 1.807) is 20.8 Å². The Hall–Kier alpha value is -1.63. The van der Waals surface area contributed by atoms with Gasteiger partial charge in [-0.25, -0.2) is 0 Å². The lowest BCUT2D eigenvalue weighted by atomic mass is 10.1. The van der Waals surface area contributed by atoms with E-state index in [4.69, 9.17) is 7.10 Å². The third-order valence-corrected chi connectivity index (χ3v) is 6.06. The van der Waals surface area contributed by atoms with E-state index in [1.807, 2.05) is 0 Å². The summed E-state index contributed by atoms with van der Waals surface area (Å²) in [5, 5.41) is 0.274. The molecule has 2 N–H and O–H groups in total. The van der Waals surface area contributed by atoms with Crippen LogP contribution < -0.4 is 5.73 Å². The maximum absolute atomic E-state index is 11.7. The fourth-order valence-electron chi connectivity index (χ4n) is 2.60. The molecule has 4 nitrogen and oxygen atoms in total. The quantitative estimate of drug-likeness (QED) is 0.127. The normalized spacial score (nSPS) is 11.6. The van der Waals surface area contributed by atoms with Crippen molar-refractivity contribution in [1.82, 2.24) is 0 Å². The second kappa shape index (κ2) is 36.5. The molecule has 0 aliphatic heterocycles. The number of carbonyl (C=O) groups is 3. The van der Waals surface area contributed by atoms with E-state index in [0.29, 0.717) is 32.1 Å². The predicted octanol–water partition coefficient (Wildman–Crippen LogP) is 8.79. The zero-order chi connectivity index (χ0) is 29.1. The van der Waals surface area contributed by atoms with E-state index in [1.165, 1.54) is 23.5 Å². The highest BCUT2D eigenvalue weighted by atomic mass is 32.2. The van der Waals surface area contributed by atoms with Gasteiger partial charge in [0.2, 0.25) is 0 Å². The van der Waals surface area contributed by atoms with E-state index < -0.39 is 0 Å². The number of thioether (sulfide) groups is 2. The molecule has 0 unspecified atom stereocenters. The van der Waals surface area contributed by atoms with Crippen LogP contribution in [0.1, 0.15) is 100 Å². The Morgan fingerprint density at radius 1 is 0.703 bits per heavy atom. The summed E-state index contributed by atoms with van der Waals surface area (Å²) in [5.74, 6) is 1.82. The fraction of sp³-hybridized carbons (Fsp3) is 0.581. The van der Waals surface area contributed by atoms with Crippen LogP contribution in [-0.4, -0.2) is 34.1 Å². The van der Waals surface area contributed by atoms with E-state index in [-0.39, 0.29) is 10.2 Å². The van der Waals surface area contributed by atoms with Gasteiger partial charge in [-0.1, -0.05) is 105 Å². The fourth-order valence-corrected chi connectivity index (χ4v) is 3.58. The monoisotopic (exact) mass is 552 g/mol. The number of rotatable bonds is 19. The number of Topliss-reactive ketones (excluding diaryl/α,β-unsaturated/α-hetero) is 1. The summed E-state index contributed by atoms with van der Waals surface area (Å²) in [7, 11) is 0. The molecule has 0 radical (unpaired) electrons. The molecule has 0 rings (SSSR count). The molecule has 0 aromatic carbocycles. The Morgan fingerprint density at radius 2 is 1.11 bits per heavy atom. The largest absolute Gasteiger partial charge is 0.330 e. The molecular weight excluding hydrogens is 498 g/mol. The van der Waals surface area contributed by atoms with Crippen molar-refractivity contribution in [2.75, 3.05) is 18.1 Å². The molecule has 0 bridgehead atoms. The van der Waals surface area contributed by atoms with Gasteiger partial charge in [-0.15, -0.1) is 0 Å². The van der Waals surface area contributed by atoms with Crippen LogP contribution in [0, 0.1) is 0 Å². The number of carbonyl (C=O) groups excluding carboxylic acids is 3. The van der Waals surface area contributed by atoms with E-state index in [9.17, 15) is 14.4 Å². The second-order valence-electron chi connectivity index (χ2n) is 7.71. The standard InChI is InChI=1S/C25H38O2S.C4H9NOS.C2H6/c1-3-4-5-6-7-8-9-10-11-12-13-14-15-16-17-18-19-21-25(27)22-20-23-28-24(2)26;1-4(6)7-3-2-5;1-2/h4-5,7-8,10-11,13-14,16-17H,3,6,9,12,15,18-23H2,1-2H3;2-3,5H2,1H3;1-2H3/b5-4-,8-7-,11-10-,14-13-,17-16+;;/i;;1D. The van der Waals surface area contributed by atoms with Crippen molar-refractivity contribution in [3.63, 3.8) is 0 Å². The highest BCUT2D eigenvalue weighted by Crippen LogP contribution is 2.08. The maximum Gasteiger partial charge on any atom is 0.185 e. The minimum atomic E-state index is 0.130. The van der Waals surface area contributed by atoms with Crippen molar-refractivity contribution in [2.24, 2.45) is 5.73 Å². The lowest BCUT2D eigenvalue weighted by Crippen LogP contribution is -2.02. The van der Waals surface area contributed by atoms with Gasteiger partial charge in [0.1, 0.15) is 5.78 Å². The molecule has 37 heavy (non-hydrogen) atoms. The van der Waals surface area contributed by atoms with Crippen LogP contribution in [0.2, 0.25) is 0 Å². The van der Waals surface area contributed by atoms with Gasteiger partial charge >= 0.3 is 0 Å². The van der Waals surface area contributed by atoms with E-state index in [0.717, 1.165) is 62.9 Å². The molecule has 0 aliphatic carbocycles. The molecule has 0 saturated carbocycles. The number of ketones is 1. The number of allylic oxidation sites excluding steroid dienone is 10. The van der Waals surface area contributed by atoms with Crippen molar-refractivity contribution < 1.29 is 15.8 Å². The summed E-state index contributed by atoms with van der Waals surface area (Å²) in [5.41, 5.74) is 5.10. The highest BCUT2D eigenvalue weighted by molar-refractivity contribution is 8.13. The van der Waals surface area contributed by atoms with Gasteiger partial charge in [-0.05, 0) is 51.4 Å². The average molecular weight is 553 g/mol. The van der Waals surface area contributed by atoms with Gasteiger partial charge < -0.3 is 5.73 Å². The van der Waals surface area contributed by atoms with Crippen molar-refractivity contribution >= 4 is 39.5 Å². The topological polar surface area (TPSA) is 77.2 Å². The zero-order valence-corrected chi connectivity index (χ0v) is 25.4. The smallest absolute Gasteiger partial charge is 0.185 e. The predicted molar refractivity (Wildman–Crippen MR) is 169 cm³/mol. The number of hydrogen-bond donors (Lipinski definition) is 1. The minimum Gasteiger partial charge on any atom is -0.330 e. The lowest BCUT2D eigenvalue weighted by Gasteiger charge is -1.99. The molecule has 0 heterocycles. The van der Waals surface area contributed by atoms with Crippen molar-refractivity contribution in [3.05, 3.63) is 60.8 Å². The maximum atomic E-state index is 11.7. The number of hydrogen-bond acceptors (Lipinski definition) is 6. The summed E-state index contributed by atoms with van der Waals surface area (Å²) >= 11 is 2.57. The Balaban J connectivity index is -0.00000103. The number of nitrogens with two attached hydrogens (primary N) is 1. The average Bonchev–Trinajstić information content (AvgIpc) is 2.88. The van der Waals surface area contributed by atoms with Crippen LogP contribution >= 0.6 is 23.5 Å². The first kappa shape index (κ1) is 37.5. The summed E-state index contributed by atoms with van der Waals surface area (Å²) in [6.07, 6.45) is 30.9. The molecule has 0 atom stereocenters. The van der Waals surface area contributed by atoms with Crippen molar-refractivity contribution in [1.29, 1.82) is 0 Å². The zero-order valence-electron chi connectivity index (χ0n) is 24.8. The SMILES string of the molecule is CC(=O)SCCN.CC/C=C\C/C=C\C/C=C\C/C=C\C/C=C/CCCC(=O)CCCSC(C)=O.[2H]CC. The molecular formula is C31H53NO3S2. The molecule has 0 aromatic heterocycles. The molecule has 0 amide bonds. The van der Waals surface area contributed by atoms with E-state index >= 15 is 0 Å². The molecule has 0 aliphatic rings. The first-order chi connectivity index (χ1) is 18.3. The van der Waals surface area contributed by atoms with E-state index in [2.05, 4.69) is 67.7 Å². The number of unbranched alkanes of at least 4 members (excludes halogenated alkanes) is 1. The molecule has 0 fully saturated rings. The van der Waals surface area contributed by atoms with Gasteiger partial charge in [0.15, 0.2) is 10.2 Å². The van der Waals surface area contributed by atoms with Crippen LogP contribution in [0.4, 0.5) is 0 Å². The van der Waals surface area contributed by atoms with Crippen LogP contribution in [0.3, 0.4) is 0 Å². The molecule has 6 heteroatoms. The summed E-state index contributed by atoms with van der Waals surface area (Å²) < 4.78 is 6.21. The minimum absolute atomic E-state index is 0.130. The van der Waals surface area contributed by atoms with Crippen LogP contribution in [0.25, 0.3) is 0 Å². The Labute approximate surface area is 238 Å². The van der Waals surface area contributed by atoms with Gasteiger partial charge in [0.25, 0.3) is 0 Å². The van der Waals surface area contributed by atoms with Gasteiger partial charge in [0, 0.05) is 46.1 Å². The van der Waals surface area contributed by atoms with Crippen molar-refractivity contribution in [3.8, 4) is 0 Å². The van der Waals surface area contributed by atoms with Crippen LogP contribution in [0.15, 0.2) is 60.8 Å². The Bertz CT molecular complexity index is 701. The van der Waals surface area contributed by atoms with Crippen LogP contribution in [-0.2, 0) is 14.4 Å². The van der Waals surface area contributed by atoms with Gasteiger partial charge in [-0.2, -0.15) is 0 Å². The highest BCUT2D eigenvalue weighted by Gasteiger charge is 2.02.